The van der Waals surface area contributed by atoms with Gasteiger partial charge in [-0.15, -0.1) is 0 Å². The molecule has 134 valence electrons. The molecular formula is C18H20F2N2O3. The van der Waals surface area contributed by atoms with Crippen LogP contribution in [0.4, 0.5) is 8.78 Å². The van der Waals surface area contributed by atoms with Crippen molar-refractivity contribution in [1.82, 2.24) is 10.2 Å². The summed E-state index contributed by atoms with van der Waals surface area (Å²) >= 11 is 0. The fourth-order valence-corrected chi connectivity index (χ4v) is 4.70. The number of fused-ring (bicyclic) bond motifs is 1. The Morgan fingerprint density at radius 2 is 2.04 bits per heavy atom. The van der Waals surface area contributed by atoms with Gasteiger partial charge in [-0.3, -0.25) is 9.59 Å². The van der Waals surface area contributed by atoms with Crippen LogP contribution < -0.4 is 5.32 Å². The largest absolute Gasteiger partial charge is 0.369 e. The molecule has 1 spiro atoms. The zero-order valence-corrected chi connectivity index (χ0v) is 13.9. The molecule has 25 heavy (non-hydrogen) atoms. The predicted octanol–water partition coefficient (Wildman–Crippen LogP) is 1.72. The molecular weight excluding hydrogens is 330 g/mol. The summed E-state index contributed by atoms with van der Waals surface area (Å²) < 4.78 is 32.7. The Morgan fingerprint density at radius 1 is 1.32 bits per heavy atom. The van der Waals surface area contributed by atoms with Gasteiger partial charge in [0.2, 0.25) is 5.91 Å². The summed E-state index contributed by atoms with van der Waals surface area (Å²) in [5.74, 6) is -1.72. The number of nitrogens with zero attached hydrogens (tertiary/aromatic N) is 1. The highest BCUT2D eigenvalue weighted by molar-refractivity contribution is 5.94. The van der Waals surface area contributed by atoms with E-state index in [9.17, 15) is 18.4 Å². The average molecular weight is 350 g/mol. The molecule has 0 radical (unpaired) electrons. The van der Waals surface area contributed by atoms with Crippen LogP contribution in [0, 0.1) is 23.5 Å². The van der Waals surface area contributed by atoms with Crippen LogP contribution in [-0.4, -0.2) is 48.1 Å². The van der Waals surface area contributed by atoms with Crippen molar-refractivity contribution < 1.29 is 23.1 Å². The molecule has 4 atom stereocenters. The highest BCUT2D eigenvalue weighted by Gasteiger charge is 2.63. The van der Waals surface area contributed by atoms with Crippen molar-refractivity contribution in [3.8, 4) is 0 Å². The van der Waals surface area contributed by atoms with Gasteiger partial charge >= 0.3 is 0 Å². The zero-order valence-electron chi connectivity index (χ0n) is 13.9. The second kappa shape index (κ2) is 5.76. The third-order valence-corrected chi connectivity index (χ3v) is 5.85. The second-order valence-electron chi connectivity index (χ2n) is 7.30. The number of hydrogen-bond acceptors (Lipinski definition) is 3. The molecule has 0 aromatic heterocycles. The van der Waals surface area contributed by atoms with Gasteiger partial charge in [-0.05, 0) is 25.0 Å². The third-order valence-electron chi connectivity index (χ3n) is 5.85. The van der Waals surface area contributed by atoms with Gasteiger partial charge in [-0.1, -0.05) is 0 Å². The number of likely N-dealkylation sites (tertiary alicyclic amines) is 1. The van der Waals surface area contributed by atoms with Crippen LogP contribution in [0.15, 0.2) is 18.2 Å². The van der Waals surface area contributed by atoms with Gasteiger partial charge in [-0.2, -0.15) is 0 Å². The Kier molecular flexibility index (Phi) is 3.79. The number of ether oxygens (including phenoxy) is 1. The van der Waals surface area contributed by atoms with Gasteiger partial charge in [-0.25, -0.2) is 8.78 Å². The van der Waals surface area contributed by atoms with Crippen molar-refractivity contribution in [2.45, 2.75) is 31.5 Å². The lowest BCUT2D eigenvalue weighted by atomic mass is 9.73. The van der Waals surface area contributed by atoms with E-state index in [1.165, 1.54) is 0 Å². The first-order valence-electron chi connectivity index (χ1n) is 8.55. The molecule has 5 nitrogen and oxygen atoms in total. The molecule has 0 unspecified atom stereocenters. The molecule has 2 amide bonds. The van der Waals surface area contributed by atoms with Crippen LogP contribution in [-0.2, 0) is 9.53 Å². The Morgan fingerprint density at radius 3 is 2.72 bits per heavy atom. The molecule has 3 saturated heterocycles. The Balaban J connectivity index is 1.45. The summed E-state index contributed by atoms with van der Waals surface area (Å²) in [5.41, 5.74) is -0.315. The van der Waals surface area contributed by atoms with Gasteiger partial charge in [0.05, 0.1) is 18.2 Å². The number of hydrogen-bond donors (Lipinski definition) is 1. The van der Waals surface area contributed by atoms with Crippen LogP contribution in [0.5, 0.6) is 0 Å². The van der Waals surface area contributed by atoms with E-state index >= 15 is 0 Å². The lowest BCUT2D eigenvalue weighted by Gasteiger charge is -2.29. The molecule has 3 fully saturated rings. The van der Waals surface area contributed by atoms with E-state index in [0.717, 1.165) is 31.0 Å². The van der Waals surface area contributed by atoms with Crippen LogP contribution in [0.2, 0.25) is 0 Å². The SMILES string of the molecule is CC(=O)N1C[C@@H]2[C@H](CNC(=O)c3cc(F)cc(F)c3)[C@H]3CC[C@]2(C1)O3. The normalized spacial score (nSPS) is 32.8. The van der Waals surface area contributed by atoms with Gasteiger partial charge in [0.25, 0.3) is 5.91 Å². The molecule has 0 saturated carbocycles. The minimum atomic E-state index is -0.778. The Hall–Kier alpha value is -2.02. The van der Waals surface area contributed by atoms with E-state index in [2.05, 4.69) is 5.32 Å². The molecule has 3 aliphatic heterocycles. The van der Waals surface area contributed by atoms with Crippen molar-refractivity contribution in [3.05, 3.63) is 35.4 Å². The van der Waals surface area contributed by atoms with Crippen molar-refractivity contribution in [2.24, 2.45) is 11.8 Å². The number of rotatable bonds is 3. The molecule has 3 aliphatic rings. The zero-order chi connectivity index (χ0) is 17.8. The van der Waals surface area contributed by atoms with E-state index in [-0.39, 0.29) is 35.0 Å². The Bertz CT molecular complexity index is 721. The van der Waals surface area contributed by atoms with E-state index in [0.29, 0.717) is 19.6 Å². The molecule has 1 aromatic rings. The maximum atomic E-state index is 13.3. The first kappa shape index (κ1) is 16.4. The summed E-state index contributed by atoms with van der Waals surface area (Å²) in [6.45, 7) is 3.18. The molecule has 7 heteroatoms. The summed E-state index contributed by atoms with van der Waals surface area (Å²) in [6, 6.07) is 2.77. The first-order chi connectivity index (χ1) is 11.9. The standard InChI is InChI=1S/C18H20F2N2O3/c1-10(23)22-8-15-14(16-2-3-18(15,9-22)25-16)7-21-17(24)11-4-12(19)6-13(20)5-11/h4-6,14-16H,2-3,7-9H2,1H3,(H,21,24)/t14-,15+,16+,18+/m0/s1. The second-order valence-corrected chi connectivity index (χ2v) is 7.30. The lowest BCUT2D eigenvalue weighted by molar-refractivity contribution is -0.129. The molecule has 1 aromatic carbocycles. The van der Waals surface area contributed by atoms with Crippen molar-refractivity contribution in [2.75, 3.05) is 19.6 Å². The summed E-state index contributed by atoms with van der Waals surface area (Å²) in [5, 5.41) is 2.78. The van der Waals surface area contributed by atoms with Gasteiger partial charge in [0, 0.05) is 43.5 Å². The van der Waals surface area contributed by atoms with Crippen molar-refractivity contribution >= 4 is 11.8 Å². The molecule has 4 rings (SSSR count). The van der Waals surface area contributed by atoms with E-state index in [4.69, 9.17) is 4.74 Å². The number of benzene rings is 1. The summed E-state index contributed by atoms with van der Waals surface area (Å²) in [6.07, 6.45) is 1.92. The monoisotopic (exact) mass is 350 g/mol. The molecule has 0 aliphatic carbocycles. The van der Waals surface area contributed by atoms with Crippen molar-refractivity contribution in [3.63, 3.8) is 0 Å². The number of carbonyl (C=O) groups excluding carboxylic acids is 2. The quantitative estimate of drug-likeness (QED) is 0.903. The minimum absolute atomic E-state index is 0.0342. The average Bonchev–Trinajstić information content (AvgIpc) is 3.19. The highest BCUT2D eigenvalue weighted by atomic mass is 19.1. The molecule has 3 heterocycles. The van der Waals surface area contributed by atoms with Crippen LogP contribution >= 0.6 is 0 Å². The van der Waals surface area contributed by atoms with E-state index < -0.39 is 17.5 Å². The number of carbonyl (C=O) groups is 2. The molecule has 1 N–H and O–H groups in total. The smallest absolute Gasteiger partial charge is 0.251 e. The fourth-order valence-electron chi connectivity index (χ4n) is 4.70. The maximum Gasteiger partial charge on any atom is 0.251 e. The lowest BCUT2D eigenvalue weighted by Crippen LogP contribution is -2.41. The van der Waals surface area contributed by atoms with Gasteiger partial charge in [0.15, 0.2) is 0 Å². The number of amides is 2. The van der Waals surface area contributed by atoms with Crippen molar-refractivity contribution in [1.29, 1.82) is 0 Å². The topological polar surface area (TPSA) is 58.6 Å². The van der Waals surface area contributed by atoms with Crippen LogP contribution in [0.3, 0.4) is 0 Å². The fraction of sp³-hybridized carbons (Fsp3) is 0.556. The number of nitrogens with one attached hydrogen (secondary N) is 1. The summed E-state index contributed by atoms with van der Waals surface area (Å²) in [4.78, 5) is 25.7. The Labute approximate surface area is 144 Å². The number of halogens is 2. The molecule has 2 bridgehead atoms. The minimum Gasteiger partial charge on any atom is -0.369 e. The third kappa shape index (κ3) is 2.70. The van der Waals surface area contributed by atoms with E-state index in [1.807, 2.05) is 4.90 Å². The summed E-state index contributed by atoms with van der Waals surface area (Å²) in [7, 11) is 0. The van der Waals surface area contributed by atoms with Gasteiger partial charge < -0.3 is 15.0 Å². The van der Waals surface area contributed by atoms with Gasteiger partial charge in [0.1, 0.15) is 11.6 Å². The highest BCUT2D eigenvalue weighted by Crippen LogP contribution is 2.54. The first-order valence-corrected chi connectivity index (χ1v) is 8.55. The maximum absolute atomic E-state index is 13.3. The van der Waals surface area contributed by atoms with Crippen LogP contribution in [0.25, 0.3) is 0 Å². The predicted molar refractivity (Wildman–Crippen MR) is 84.8 cm³/mol. The van der Waals surface area contributed by atoms with Crippen LogP contribution in [0.1, 0.15) is 30.1 Å². The van der Waals surface area contributed by atoms with E-state index in [1.54, 1.807) is 6.92 Å².